The second-order valence-electron chi connectivity index (χ2n) is 3.97. The molecule has 0 saturated carbocycles. The number of anilines is 1. The van der Waals surface area contributed by atoms with Crippen LogP contribution in [0.15, 0.2) is 36.4 Å². The first kappa shape index (κ1) is 11.7. The molecule has 4 nitrogen and oxygen atoms in total. The number of benzene rings is 1. The van der Waals surface area contributed by atoms with Gasteiger partial charge in [0.2, 0.25) is 0 Å². The van der Waals surface area contributed by atoms with Crippen molar-refractivity contribution in [3.63, 3.8) is 0 Å². The highest BCUT2D eigenvalue weighted by Crippen LogP contribution is 2.06. The lowest BCUT2D eigenvalue weighted by atomic mass is 10.2. The molecule has 1 aromatic carbocycles. The van der Waals surface area contributed by atoms with Crippen LogP contribution >= 0.6 is 0 Å². The van der Waals surface area contributed by atoms with Crippen molar-refractivity contribution in [3.05, 3.63) is 47.7 Å². The van der Waals surface area contributed by atoms with E-state index in [0.717, 1.165) is 12.1 Å². The SMILES string of the molecule is Cn1nc(N)cc1CCOCc1ccccc1. The van der Waals surface area contributed by atoms with E-state index in [2.05, 4.69) is 17.2 Å². The van der Waals surface area contributed by atoms with Gasteiger partial charge in [-0.25, -0.2) is 0 Å². The molecule has 0 saturated heterocycles. The number of aryl methyl sites for hydroxylation is 1. The molecule has 2 N–H and O–H groups in total. The number of nitrogens with zero attached hydrogens (tertiary/aromatic N) is 2. The lowest BCUT2D eigenvalue weighted by molar-refractivity contribution is 0.122. The Labute approximate surface area is 101 Å². The molecule has 0 aliphatic rings. The van der Waals surface area contributed by atoms with Crippen LogP contribution in [-0.2, 0) is 24.8 Å². The van der Waals surface area contributed by atoms with Crippen molar-refractivity contribution in [2.75, 3.05) is 12.3 Å². The second-order valence-corrected chi connectivity index (χ2v) is 3.97. The van der Waals surface area contributed by atoms with E-state index >= 15 is 0 Å². The summed E-state index contributed by atoms with van der Waals surface area (Å²) >= 11 is 0. The molecule has 90 valence electrons. The molecule has 2 rings (SSSR count). The van der Waals surface area contributed by atoms with E-state index in [1.54, 1.807) is 4.68 Å². The van der Waals surface area contributed by atoms with Crippen molar-refractivity contribution in [2.24, 2.45) is 7.05 Å². The average Bonchev–Trinajstić information content (AvgIpc) is 2.65. The topological polar surface area (TPSA) is 53.1 Å². The Kier molecular flexibility index (Phi) is 3.77. The van der Waals surface area contributed by atoms with Crippen molar-refractivity contribution >= 4 is 5.82 Å². The number of nitrogens with two attached hydrogens (primary N) is 1. The monoisotopic (exact) mass is 231 g/mol. The summed E-state index contributed by atoms with van der Waals surface area (Å²) in [6.45, 7) is 1.32. The molecule has 0 fully saturated rings. The molecule has 1 aromatic heterocycles. The third kappa shape index (κ3) is 3.32. The Morgan fingerprint density at radius 2 is 2.06 bits per heavy atom. The molecule has 1 heterocycles. The number of nitrogen functional groups attached to an aromatic ring is 1. The molecule has 0 bridgehead atoms. The van der Waals surface area contributed by atoms with Gasteiger partial charge in [-0.15, -0.1) is 0 Å². The van der Waals surface area contributed by atoms with E-state index in [0.29, 0.717) is 19.0 Å². The molecular formula is C13H17N3O. The summed E-state index contributed by atoms with van der Waals surface area (Å²) in [5, 5.41) is 4.09. The summed E-state index contributed by atoms with van der Waals surface area (Å²) in [7, 11) is 1.89. The molecular weight excluding hydrogens is 214 g/mol. The standard InChI is InChI=1S/C13H17N3O/c1-16-12(9-13(14)15-16)7-8-17-10-11-5-3-2-4-6-11/h2-6,9H,7-8,10H2,1H3,(H2,14,15). The zero-order chi connectivity index (χ0) is 12.1. The van der Waals surface area contributed by atoms with Gasteiger partial charge in [0.05, 0.1) is 13.2 Å². The van der Waals surface area contributed by atoms with Crippen molar-refractivity contribution in [2.45, 2.75) is 13.0 Å². The van der Waals surface area contributed by atoms with Gasteiger partial charge in [-0.1, -0.05) is 30.3 Å². The van der Waals surface area contributed by atoms with Crippen LogP contribution in [0.5, 0.6) is 0 Å². The minimum absolute atomic E-state index is 0.561. The minimum atomic E-state index is 0.561. The van der Waals surface area contributed by atoms with Crippen LogP contribution in [0.25, 0.3) is 0 Å². The summed E-state index contributed by atoms with van der Waals surface area (Å²) in [6.07, 6.45) is 0.827. The van der Waals surface area contributed by atoms with Gasteiger partial charge in [0, 0.05) is 25.2 Å². The van der Waals surface area contributed by atoms with E-state index in [9.17, 15) is 0 Å². The van der Waals surface area contributed by atoms with Crippen LogP contribution in [0.1, 0.15) is 11.3 Å². The number of aromatic nitrogens is 2. The number of hydrogen-bond donors (Lipinski definition) is 1. The summed E-state index contributed by atoms with van der Waals surface area (Å²) in [6, 6.07) is 12.0. The van der Waals surface area contributed by atoms with E-state index in [-0.39, 0.29) is 0 Å². The van der Waals surface area contributed by atoms with Crippen molar-refractivity contribution in [1.82, 2.24) is 9.78 Å². The summed E-state index contributed by atoms with van der Waals surface area (Å²) in [4.78, 5) is 0. The van der Waals surface area contributed by atoms with Gasteiger partial charge in [-0.2, -0.15) is 5.10 Å². The van der Waals surface area contributed by atoms with Gasteiger partial charge in [0.1, 0.15) is 5.82 Å². The molecule has 0 unspecified atom stereocenters. The Morgan fingerprint density at radius 3 is 2.71 bits per heavy atom. The molecule has 0 spiro atoms. The maximum absolute atomic E-state index is 5.61. The van der Waals surface area contributed by atoms with E-state index < -0.39 is 0 Å². The summed E-state index contributed by atoms with van der Waals surface area (Å²) < 4.78 is 7.40. The lowest BCUT2D eigenvalue weighted by Crippen LogP contribution is -2.04. The molecule has 17 heavy (non-hydrogen) atoms. The Hall–Kier alpha value is -1.81. The number of hydrogen-bond acceptors (Lipinski definition) is 3. The normalized spacial score (nSPS) is 10.6. The van der Waals surface area contributed by atoms with E-state index in [4.69, 9.17) is 10.5 Å². The summed E-state index contributed by atoms with van der Waals surface area (Å²) in [5.74, 6) is 0.561. The zero-order valence-corrected chi connectivity index (χ0v) is 9.97. The van der Waals surface area contributed by atoms with Gasteiger partial charge >= 0.3 is 0 Å². The Balaban J connectivity index is 1.75. The zero-order valence-electron chi connectivity index (χ0n) is 9.97. The highest BCUT2D eigenvalue weighted by molar-refractivity contribution is 5.29. The molecule has 0 atom stereocenters. The number of ether oxygens (including phenoxy) is 1. The first-order valence-corrected chi connectivity index (χ1v) is 5.66. The molecule has 0 aliphatic heterocycles. The molecule has 0 radical (unpaired) electrons. The highest BCUT2D eigenvalue weighted by Gasteiger charge is 2.02. The van der Waals surface area contributed by atoms with Gasteiger partial charge in [0.15, 0.2) is 0 Å². The predicted molar refractivity (Wildman–Crippen MR) is 67.4 cm³/mol. The third-order valence-corrected chi connectivity index (χ3v) is 2.61. The van der Waals surface area contributed by atoms with Crippen molar-refractivity contribution in [3.8, 4) is 0 Å². The van der Waals surface area contributed by atoms with Crippen molar-refractivity contribution < 1.29 is 4.74 Å². The first-order chi connectivity index (χ1) is 8.25. The molecule has 0 amide bonds. The fourth-order valence-electron chi connectivity index (χ4n) is 1.71. The fraction of sp³-hybridized carbons (Fsp3) is 0.308. The average molecular weight is 231 g/mol. The maximum Gasteiger partial charge on any atom is 0.145 e. The van der Waals surface area contributed by atoms with Crippen LogP contribution in [0.2, 0.25) is 0 Å². The molecule has 2 aromatic rings. The minimum Gasteiger partial charge on any atom is -0.382 e. The van der Waals surface area contributed by atoms with E-state index in [1.165, 1.54) is 5.56 Å². The van der Waals surface area contributed by atoms with Gasteiger partial charge in [0.25, 0.3) is 0 Å². The van der Waals surface area contributed by atoms with Gasteiger partial charge < -0.3 is 10.5 Å². The van der Waals surface area contributed by atoms with Crippen LogP contribution in [0.4, 0.5) is 5.82 Å². The molecule has 4 heteroatoms. The third-order valence-electron chi connectivity index (χ3n) is 2.61. The van der Waals surface area contributed by atoms with E-state index in [1.807, 2.05) is 31.3 Å². The second kappa shape index (κ2) is 5.50. The van der Waals surface area contributed by atoms with Crippen LogP contribution < -0.4 is 5.73 Å². The van der Waals surface area contributed by atoms with Crippen LogP contribution in [0.3, 0.4) is 0 Å². The quantitative estimate of drug-likeness (QED) is 0.798. The maximum atomic E-state index is 5.61. The Morgan fingerprint density at radius 1 is 1.29 bits per heavy atom. The molecule has 0 aliphatic carbocycles. The summed E-state index contributed by atoms with van der Waals surface area (Å²) in [5.41, 5.74) is 7.89. The Bertz CT molecular complexity index is 465. The lowest BCUT2D eigenvalue weighted by Gasteiger charge is -2.04. The largest absolute Gasteiger partial charge is 0.382 e. The smallest absolute Gasteiger partial charge is 0.145 e. The highest BCUT2D eigenvalue weighted by atomic mass is 16.5. The fourth-order valence-corrected chi connectivity index (χ4v) is 1.71. The van der Waals surface area contributed by atoms with Gasteiger partial charge in [-0.3, -0.25) is 4.68 Å². The first-order valence-electron chi connectivity index (χ1n) is 5.66. The van der Waals surface area contributed by atoms with Crippen LogP contribution in [0, 0.1) is 0 Å². The van der Waals surface area contributed by atoms with Crippen LogP contribution in [-0.4, -0.2) is 16.4 Å². The van der Waals surface area contributed by atoms with Gasteiger partial charge in [-0.05, 0) is 5.56 Å². The van der Waals surface area contributed by atoms with Crippen molar-refractivity contribution in [1.29, 1.82) is 0 Å². The predicted octanol–water partition coefficient (Wildman–Crippen LogP) is 1.76. The number of rotatable bonds is 5.